The average molecular weight is 311 g/mol. The zero-order chi connectivity index (χ0) is 15.0. The normalized spacial score (nSPS) is 23.7. The maximum Gasteiger partial charge on any atom is 0.258 e. The summed E-state index contributed by atoms with van der Waals surface area (Å²) in [5.41, 5.74) is 0.714. The van der Waals surface area contributed by atoms with E-state index >= 15 is 0 Å². The number of sulfonamides is 1. The van der Waals surface area contributed by atoms with E-state index in [0.717, 1.165) is 0 Å². The first-order valence-corrected chi connectivity index (χ1v) is 7.98. The first-order chi connectivity index (χ1) is 10.0. The third-order valence-corrected chi connectivity index (χ3v) is 5.78. The van der Waals surface area contributed by atoms with E-state index in [1.54, 1.807) is 43.3 Å². The highest BCUT2D eigenvalue weighted by molar-refractivity contribution is 7.89. The van der Waals surface area contributed by atoms with Gasteiger partial charge in [-0.1, -0.05) is 0 Å². The van der Waals surface area contributed by atoms with E-state index in [9.17, 15) is 8.42 Å². The summed E-state index contributed by atoms with van der Waals surface area (Å²) in [5, 5.41) is 10.7. The van der Waals surface area contributed by atoms with Gasteiger partial charge in [-0.05, 0) is 12.1 Å². The van der Waals surface area contributed by atoms with E-state index in [2.05, 4.69) is 15.4 Å². The second kappa shape index (κ2) is 5.24. The number of ether oxygens (including phenoxy) is 1. The minimum absolute atomic E-state index is 0.121. The molecule has 8 nitrogen and oxygen atoms in total. The minimum Gasteiger partial charge on any atom is -0.379 e. The fourth-order valence-electron chi connectivity index (χ4n) is 2.69. The highest BCUT2D eigenvalue weighted by Gasteiger charge is 2.42. The Kier molecular flexibility index (Phi) is 3.56. The van der Waals surface area contributed by atoms with Gasteiger partial charge in [0.1, 0.15) is 5.03 Å². The van der Waals surface area contributed by atoms with Gasteiger partial charge in [0.2, 0.25) is 0 Å². The van der Waals surface area contributed by atoms with Gasteiger partial charge in [-0.2, -0.15) is 19.7 Å². The Morgan fingerprint density at radius 1 is 1.43 bits per heavy atom. The van der Waals surface area contributed by atoms with Crippen LogP contribution in [0.4, 0.5) is 0 Å². The van der Waals surface area contributed by atoms with Crippen molar-refractivity contribution in [3.8, 4) is 0 Å². The molecule has 1 fully saturated rings. The molecule has 3 heterocycles. The molecular weight excluding hydrogens is 294 g/mol. The van der Waals surface area contributed by atoms with Crippen LogP contribution in [0.15, 0.2) is 29.6 Å². The van der Waals surface area contributed by atoms with Crippen LogP contribution in [0.25, 0.3) is 0 Å². The molecule has 1 aliphatic heterocycles. The fourth-order valence-corrected chi connectivity index (χ4v) is 4.33. The summed E-state index contributed by atoms with van der Waals surface area (Å²) in [6, 6.07) is 3.31. The third kappa shape index (κ3) is 2.37. The Balaban J connectivity index is 1.90. The van der Waals surface area contributed by atoms with Crippen LogP contribution in [-0.4, -0.2) is 59.0 Å². The van der Waals surface area contributed by atoms with Crippen molar-refractivity contribution in [3.63, 3.8) is 0 Å². The van der Waals surface area contributed by atoms with Crippen molar-refractivity contribution >= 4 is 10.0 Å². The predicted octanol–water partition coefficient (Wildman–Crippen LogP) is -0.0537. The zero-order valence-corrected chi connectivity index (χ0v) is 12.6. The largest absolute Gasteiger partial charge is 0.379 e. The lowest BCUT2D eigenvalue weighted by molar-refractivity contribution is 0.101. The van der Waals surface area contributed by atoms with Gasteiger partial charge in [0.25, 0.3) is 10.0 Å². The van der Waals surface area contributed by atoms with E-state index in [0.29, 0.717) is 18.8 Å². The molecule has 0 unspecified atom stereocenters. The van der Waals surface area contributed by atoms with Crippen molar-refractivity contribution in [1.82, 2.24) is 24.3 Å². The van der Waals surface area contributed by atoms with Gasteiger partial charge < -0.3 is 9.30 Å². The van der Waals surface area contributed by atoms with Gasteiger partial charge >= 0.3 is 0 Å². The molecule has 2 aromatic rings. The minimum atomic E-state index is -3.54. The summed E-state index contributed by atoms with van der Waals surface area (Å²) in [6.07, 6.45) is 3.09. The molecule has 1 N–H and O–H groups in total. The standard InChI is InChI=1S/C12H17N5O3S/c1-16-5-3-4-12(16)21(18,19)17-7-9(11(8-17)20-2)10-6-13-15-14-10/h3-6,9,11H,7-8H2,1-2H3,(H,13,14,15)/t9-,11+/m0/s1. The number of rotatable bonds is 4. The number of nitrogens with zero attached hydrogens (tertiary/aromatic N) is 4. The number of aromatic nitrogens is 4. The summed E-state index contributed by atoms with van der Waals surface area (Å²) >= 11 is 0. The van der Waals surface area contributed by atoms with Crippen molar-refractivity contribution < 1.29 is 13.2 Å². The molecule has 3 rings (SSSR count). The summed E-state index contributed by atoms with van der Waals surface area (Å²) in [6.45, 7) is 0.639. The first-order valence-electron chi connectivity index (χ1n) is 6.54. The molecule has 0 bridgehead atoms. The van der Waals surface area contributed by atoms with Crippen LogP contribution in [0, 0.1) is 0 Å². The zero-order valence-electron chi connectivity index (χ0n) is 11.8. The Bertz CT molecular complexity index is 709. The maximum atomic E-state index is 12.7. The van der Waals surface area contributed by atoms with Crippen molar-refractivity contribution in [2.75, 3.05) is 20.2 Å². The predicted molar refractivity (Wildman–Crippen MR) is 74.1 cm³/mol. The molecule has 0 spiro atoms. The summed E-state index contributed by atoms with van der Waals surface area (Å²) < 4.78 is 33.9. The van der Waals surface area contributed by atoms with Crippen molar-refractivity contribution in [2.45, 2.75) is 17.0 Å². The number of nitrogens with one attached hydrogen (secondary N) is 1. The lowest BCUT2D eigenvalue weighted by atomic mass is 10.0. The van der Waals surface area contributed by atoms with Crippen LogP contribution < -0.4 is 0 Å². The lowest BCUT2D eigenvalue weighted by Gasteiger charge is -2.16. The number of hydrogen-bond acceptors (Lipinski definition) is 5. The molecule has 0 aromatic carbocycles. The van der Waals surface area contributed by atoms with E-state index in [1.165, 1.54) is 4.31 Å². The average Bonchev–Trinajstić information content (AvgIpc) is 3.17. The Hall–Kier alpha value is -1.71. The summed E-state index contributed by atoms with van der Waals surface area (Å²) in [4.78, 5) is 0. The van der Waals surface area contributed by atoms with Gasteiger partial charge in [-0.25, -0.2) is 8.42 Å². The van der Waals surface area contributed by atoms with Crippen LogP contribution in [0.5, 0.6) is 0 Å². The van der Waals surface area contributed by atoms with Crippen LogP contribution >= 0.6 is 0 Å². The summed E-state index contributed by atoms with van der Waals surface area (Å²) in [7, 11) is -0.241. The van der Waals surface area contributed by atoms with E-state index in [-0.39, 0.29) is 17.0 Å². The number of methoxy groups -OCH3 is 1. The monoisotopic (exact) mass is 311 g/mol. The molecule has 0 saturated carbocycles. The molecule has 2 aromatic heterocycles. The SMILES string of the molecule is CO[C@@H]1CN(S(=O)(=O)c2cccn2C)C[C@H]1c1cn[nH]n1. The van der Waals surface area contributed by atoms with Gasteiger partial charge in [-0.15, -0.1) is 0 Å². The quantitative estimate of drug-likeness (QED) is 0.854. The van der Waals surface area contributed by atoms with Gasteiger partial charge in [0, 0.05) is 39.4 Å². The van der Waals surface area contributed by atoms with Crippen LogP contribution in [-0.2, 0) is 21.8 Å². The maximum absolute atomic E-state index is 12.7. The molecule has 1 aliphatic rings. The molecule has 0 radical (unpaired) electrons. The Morgan fingerprint density at radius 3 is 2.81 bits per heavy atom. The number of hydrogen-bond donors (Lipinski definition) is 1. The van der Waals surface area contributed by atoms with Crippen molar-refractivity contribution in [1.29, 1.82) is 0 Å². The van der Waals surface area contributed by atoms with Gasteiger partial charge in [-0.3, -0.25) is 0 Å². The van der Waals surface area contributed by atoms with Crippen molar-refractivity contribution in [3.05, 3.63) is 30.2 Å². The van der Waals surface area contributed by atoms with Crippen LogP contribution in [0.1, 0.15) is 11.6 Å². The molecule has 114 valence electrons. The topological polar surface area (TPSA) is 93.1 Å². The fraction of sp³-hybridized carbons (Fsp3) is 0.500. The van der Waals surface area contributed by atoms with E-state index in [1.807, 2.05) is 0 Å². The van der Waals surface area contributed by atoms with E-state index < -0.39 is 10.0 Å². The third-order valence-electron chi connectivity index (χ3n) is 3.85. The first kappa shape index (κ1) is 14.2. The lowest BCUT2D eigenvalue weighted by Crippen LogP contribution is -2.31. The molecule has 0 amide bonds. The summed E-state index contributed by atoms with van der Waals surface area (Å²) in [5.74, 6) is -0.121. The van der Waals surface area contributed by atoms with Crippen molar-refractivity contribution in [2.24, 2.45) is 7.05 Å². The number of aryl methyl sites for hydroxylation is 1. The Labute approximate surface area is 122 Å². The number of H-pyrrole nitrogens is 1. The molecule has 0 aliphatic carbocycles. The molecular formula is C12H17N5O3S. The molecule has 2 atom stereocenters. The number of aromatic amines is 1. The molecule has 21 heavy (non-hydrogen) atoms. The van der Waals surface area contributed by atoms with Crippen LogP contribution in [0.2, 0.25) is 0 Å². The molecule has 1 saturated heterocycles. The van der Waals surface area contributed by atoms with Crippen LogP contribution in [0.3, 0.4) is 0 Å². The second-order valence-electron chi connectivity index (χ2n) is 5.05. The van der Waals surface area contributed by atoms with Gasteiger partial charge in [0.05, 0.1) is 18.0 Å². The Morgan fingerprint density at radius 2 is 2.24 bits per heavy atom. The van der Waals surface area contributed by atoms with E-state index in [4.69, 9.17) is 4.74 Å². The second-order valence-corrected chi connectivity index (χ2v) is 6.94. The highest BCUT2D eigenvalue weighted by Crippen LogP contribution is 2.31. The van der Waals surface area contributed by atoms with Gasteiger partial charge in [0.15, 0.2) is 0 Å². The smallest absolute Gasteiger partial charge is 0.258 e. The molecule has 9 heteroatoms. The highest BCUT2D eigenvalue weighted by atomic mass is 32.2.